The number of piperidine rings is 1. The third-order valence-electron chi connectivity index (χ3n) is 4.68. The van der Waals surface area contributed by atoms with Crippen LogP contribution in [0.3, 0.4) is 0 Å². The van der Waals surface area contributed by atoms with Gasteiger partial charge in [0.1, 0.15) is 5.82 Å². The number of hydrogen-bond donors (Lipinski definition) is 0. The Bertz CT molecular complexity index is 645. The highest BCUT2D eigenvalue weighted by Crippen LogP contribution is 2.26. The molecular weight excluding hydrogens is 311 g/mol. The molecule has 0 radical (unpaired) electrons. The molecular formula is C18H23FN2OS. The van der Waals surface area contributed by atoms with Crippen molar-refractivity contribution in [2.45, 2.75) is 32.4 Å². The maximum absolute atomic E-state index is 13.4. The molecule has 3 rings (SSSR count). The van der Waals surface area contributed by atoms with Crippen LogP contribution in [-0.2, 0) is 17.7 Å². The first-order chi connectivity index (χ1) is 11.2. The second-order valence-electron chi connectivity index (χ2n) is 6.25. The topological polar surface area (TPSA) is 25.4 Å². The lowest BCUT2D eigenvalue weighted by molar-refractivity contribution is -0.0134. The van der Waals surface area contributed by atoms with E-state index in [-0.39, 0.29) is 11.9 Å². The number of nitrogens with zero attached hydrogens (tertiary/aromatic N) is 2. The van der Waals surface area contributed by atoms with Gasteiger partial charge in [-0.25, -0.2) is 9.37 Å². The zero-order valence-electron chi connectivity index (χ0n) is 13.7. The fourth-order valence-electron chi connectivity index (χ4n) is 3.32. The standard InChI is InChI=1S/C18H23FN2OS/c1-13-18(23-12-20-13)11-21-7-6-15(17(10-21)22-2)8-14-4-3-5-16(19)9-14/h3-5,9,12,15,17H,6-8,10-11H2,1-2H3/t15-,17-/m1/s1. The molecule has 1 fully saturated rings. The lowest BCUT2D eigenvalue weighted by atomic mass is 9.87. The summed E-state index contributed by atoms with van der Waals surface area (Å²) in [5.74, 6) is 0.287. The normalized spacial score (nSPS) is 22.4. The maximum atomic E-state index is 13.4. The van der Waals surface area contributed by atoms with Gasteiger partial charge in [-0.1, -0.05) is 12.1 Å². The number of hydrogen-bond acceptors (Lipinski definition) is 4. The summed E-state index contributed by atoms with van der Waals surface area (Å²) in [6.07, 6.45) is 2.15. The van der Waals surface area contributed by atoms with Crippen molar-refractivity contribution < 1.29 is 9.13 Å². The molecule has 0 amide bonds. The van der Waals surface area contributed by atoms with Crippen LogP contribution in [0.2, 0.25) is 0 Å². The zero-order valence-corrected chi connectivity index (χ0v) is 14.5. The van der Waals surface area contributed by atoms with Crippen LogP contribution in [0.25, 0.3) is 0 Å². The molecule has 2 heterocycles. The number of likely N-dealkylation sites (tertiary alicyclic amines) is 1. The van der Waals surface area contributed by atoms with Crippen molar-refractivity contribution >= 4 is 11.3 Å². The van der Waals surface area contributed by atoms with E-state index in [1.165, 1.54) is 10.9 Å². The first-order valence-electron chi connectivity index (χ1n) is 8.04. The van der Waals surface area contributed by atoms with Gasteiger partial charge in [0.2, 0.25) is 0 Å². The Balaban J connectivity index is 1.61. The van der Waals surface area contributed by atoms with Crippen LogP contribution < -0.4 is 0 Å². The Kier molecular flexibility index (Phi) is 5.41. The molecule has 0 aliphatic carbocycles. The lowest BCUT2D eigenvalue weighted by Gasteiger charge is -2.37. The average Bonchev–Trinajstić information content (AvgIpc) is 2.94. The van der Waals surface area contributed by atoms with E-state index in [1.54, 1.807) is 30.6 Å². The molecule has 0 unspecified atom stereocenters. The van der Waals surface area contributed by atoms with Crippen LogP contribution in [0.15, 0.2) is 29.8 Å². The Hall–Kier alpha value is -1.30. The van der Waals surface area contributed by atoms with Crippen molar-refractivity contribution in [2.24, 2.45) is 5.92 Å². The number of ether oxygens (including phenoxy) is 1. The summed E-state index contributed by atoms with van der Waals surface area (Å²) in [6.45, 7) is 4.99. The molecule has 1 aromatic carbocycles. The van der Waals surface area contributed by atoms with E-state index in [0.717, 1.165) is 43.7 Å². The Labute approximate surface area is 141 Å². The van der Waals surface area contributed by atoms with Crippen LogP contribution in [0, 0.1) is 18.7 Å². The molecule has 23 heavy (non-hydrogen) atoms. The van der Waals surface area contributed by atoms with Gasteiger partial charge in [-0.2, -0.15) is 0 Å². The molecule has 1 saturated heterocycles. The highest BCUT2D eigenvalue weighted by Gasteiger charge is 2.29. The minimum atomic E-state index is -0.158. The van der Waals surface area contributed by atoms with E-state index in [1.807, 2.05) is 11.6 Å². The van der Waals surface area contributed by atoms with Crippen molar-refractivity contribution in [2.75, 3.05) is 20.2 Å². The number of benzene rings is 1. The smallest absolute Gasteiger partial charge is 0.123 e. The molecule has 0 saturated carbocycles. The monoisotopic (exact) mass is 334 g/mol. The van der Waals surface area contributed by atoms with E-state index in [9.17, 15) is 4.39 Å². The SMILES string of the molecule is CO[C@@H]1CN(Cc2scnc2C)CC[C@@H]1Cc1cccc(F)c1. The molecule has 2 aromatic rings. The fraction of sp³-hybridized carbons (Fsp3) is 0.500. The number of aromatic nitrogens is 1. The molecule has 0 N–H and O–H groups in total. The quantitative estimate of drug-likeness (QED) is 0.834. The maximum Gasteiger partial charge on any atom is 0.123 e. The van der Waals surface area contributed by atoms with E-state index in [0.29, 0.717) is 5.92 Å². The Morgan fingerprint density at radius 3 is 3.00 bits per heavy atom. The summed E-state index contributed by atoms with van der Waals surface area (Å²) in [5.41, 5.74) is 4.10. The number of methoxy groups -OCH3 is 1. The average molecular weight is 334 g/mol. The van der Waals surface area contributed by atoms with Gasteiger partial charge >= 0.3 is 0 Å². The van der Waals surface area contributed by atoms with Gasteiger partial charge in [0, 0.05) is 25.1 Å². The van der Waals surface area contributed by atoms with E-state index in [4.69, 9.17) is 4.74 Å². The number of thiazole rings is 1. The van der Waals surface area contributed by atoms with Crippen LogP contribution in [0.5, 0.6) is 0 Å². The Morgan fingerprint density at radius 1 is 1.43 bits per heavy atom. The second-order valence-corrected chi connectivity index (χ2v) is 7.19. The summed E-state index contributed by atoms with van der Waals surface area (Å²) < 4.78 is 19.1. The Morgan fingerprint density at radius 2 is 2.30 bits per heavy atom. The number of aryl methyl sites for hydroxylation is 1. The van der Waals surface area contributed by atoms with Crippen molar-refractivity contribution in [3.8, 4) is 0 Å². The first-order valence-corrected chi connectivity index (χ1v) is 8.92. The van der Waals surface area contributed by atoms with Gasteiger partial charge in [0.05, 0.1) is 17.3 Å². The molecule has 1 aromatic heterocycles. The zero-order chi connectivity index (χ0) is 16.2. The van der Waals surface area contributed by atoms with Crippen molar-refractivity contribution in [3.63, 3.8) is 0 Å². The van der Waals surface area contributed by atoms with E-state index >= 15 is 0 Å². The van der Waals surface area contributed by atoms with Gasteiger partial charge in [0.15, 0.2) is 0 Å². The summed E-state index contributed by atoms with van der Waals surface area (Å²) in [5, 5.41) is 0. The molecule has 3 nitrogen and oxygen atoms in total. The summed E-state index contributed by atoms with van der Waals surface area (Å²) >= 11 is 1.72. The molecule has 1 aliphatic heterocycles. The molecule has 124 valence electrons. The van der Waals surface area contributed by atoms with Gasteiger partial charge in [-0.15, -0.1) is 11.3 Å². The second kappa shape index (κ2) is 7.51. The third kappa shape index (κ3) is 4.16. The predicted octanol–water partition coefficient (Wildman–Crippen LogP) is 3.67. The van der Waals surface area contributed by atoms with Crippen LogP contribution in [-0.4, -0.2) is 36.2 Å². The minimum absolute atomic E-state index is 0.158. The van der Waals surface area contributed by atoms with Crippen molar-refractivity contribution in [3.05, 3.63) is 51.7 Å². The third-order valence-corrected chi connectivity index (χ3v) is 5.60. The number of rotatable bonds is 5. The lowest BCUT2D eigenvalue weighted by Crippen LogP contribution is -2.45. The van der Waals surface area contributed by atoms with Crippen LogP contribution in [0.1, 0.15) is 22.6 Å². The van der Waals surface area contributed by atoms with Gasteiger partial charge in [-0.05, 0) is 49.9 Å². The molecule has 0 bridgehead atoms. The molecule has 1 aliphatic rings. The van der Waals surface area contributed by atoms with Crippen molar-refractivity contribution in [1.29, 1.82) is 0 Å². The van der Waals surface area contributed by atoms with Crippen molar-refractivity contribution in [1.82, 2.24) is 9.88 Å². The highest BCUT2D eigenvalue weighted by atomic mass is 32.1. The summed E-state index contributed by atoms with van der Waals surface area (Å²) in [6, 6.07) is 6.92. The van der Waals surface area contributed by atoms with E-state index < -0.39 is 0 Å². The van der Waals surface area contributed by atoms with Gasteiger partial charge < -0.3 is 4.74 Å². The number of halogens is 1. The molecule has 2 atom stereocenters. The molecule has 0 spiro atoms. The fourth-order valence-corrected chi connectivity index (χ4v) is 4.14. The summed E-state index contributed by atoms with van der Waals surface area (Å²) in [4.78, 5) is 8.10. The van der Waals surface area contributed by atoms with Crippen LogP contribution >= 0.6 is 11.3 Å². The first kappa shape index (κ1) is 16.6. The molecule has 5 heteroatoms. The predicted molar refractivity (Wildman–Crippen MR) is 91.1 cm³/mol. The minimum Gasteiger partial charge on any atom is -0.380 e. The van der Waals surface area contributed by atoms with E-state index in [2.05, 4.69) is 16.8 Å². The van der Waals surface area contributed by atoms with Gasteiger partial charge in [-0.3, -0.25) is 4.90 Å². The van der Waals surface area contributed by atoms with Crippen LogP contribution in [0.4, 0.5) is 4.39 Å². The van der Waals surface area contributed by atoms with Gasteiger partial charge in [0.25, 0.3) is 0 Å². The highest BCUT2D eigenvalue weighted by molar-refractivity contribution is 7.09. The summed E-state index contributed by atoms with van der Waals surface area (Å²) in [7, 11) is 1.78. The largest absolute Gasteiger partial charge is 0.380 e.